The van der Waals surface area contributed by atoms with Gasteiger partial charge in [0.25, 0.3) is 0 Å². The third-order valence-corrected chi connectivity index (χ3v) is 29.7. The molecule has 0 saturated carbocycles. The molecule has 0 fully saturated rings. The Balaban J connectivity index is 0.000000170. The normalized spacial score (nSPS) is 17.0. The maximum Gasteiger partial charge on any atom is 0.242 e. The summed E-state index contributed by atoms with van der Waals surface area (Å²) in [5, 5.41) is 0. The van der Waals surface area contributed by atoms with Crippen LogP contribution in [0.3, 0.4) is 0 Å². The van der Waals surface area contributed by atoms with Gasteiger partial charge in [-0.1, -0.05) is 320 Å². The Morgan fingerprint density at radius 2 is 0.706 bits per heavy atom. The summed E-state index contributed by atoms with van der Waals surface area (Å²) in [6.45, 7) is 64.9. The van der Waals surface area contributed by atoms with E-state index in [0.29, 0.717) is 12.1 Å². The van der Waals surface area contributed by atoms with Crippen LogP contribution in [0.4, 0.5) is 5.69 Å². The quantitative estimate of drug-likeness (QED) is 0.161. The summed E-state index contributed by atoms with van der Waals surface area (Å²) in [5.74, 6) is 0.554. The lowest BCUT2D eigenvalue weighted by Crippen LogP contribution is -2.58. The van der Waals surface area contributed by atoms with E-state index in [-0.39, 0.29) is 73.0 Å². The highest BCUT2D eigenvalue weighted by atomic mass is 15.4. The van der Waals surface area contributed by atoms with Crippen LogP contribution in [-0.2, 0) is 71.5 Å². The zero-order chi connectivity index (χ0) is 84.0. The lowest BCUT2D eigenvalue weighted by atomic mass is 9.59. The molecule has 17 rings (SSSR count). The lowest BCUT2D eigenvalue weighted by Gasteiger charge is -2.46. The van der Waals surface area contributed by atoms with Crippen molar-refractivity contribution in [2.75, 3.05) is 11.9 Å². The first-order chi connectivity index (χ1) is 53.7. The molecule has 119 heavy (non-hydrogen) atoms. The first-order valence-corrected chi connectivity index (χ1v) is 42.1. The molecular formula is C109H150N10+4. The Labute approximate surface area is 720 Å². The van der Waals surface area contributed by atoms with Crippen LogP contribution in [0.2, 0.25) is 0 Å². The summed E-state index contributed by atoms with van der Waals surface area (Å²) >= 11 is 0. The summed E-state index contributed by atoms with van der Waals surface area (Å²) in [6, 6.07) is 62.2. The van der Waals surface area contributed by atoms with Gasteiger partial charge in [-0.3, -0.25) is 0 Å². The van der Waals surface area contributed by atoms with E-state index in [1.807, 2.05) is 0 Å². The highest BCUT2D eigenvalue weighted by Crippen LogP contribution is 2.57. The summed E-state index contributed by atoms with van der Waals surface area (Å²) < 4.78 is 18.9. The SMILES string of the molecule is C.C.C.C.Cc1cc(C)cc(-c2c[n+](C)n3c2C(C)(C)C(C)(C)c2cccc(C)c2-3)c1.Cc1cccc2c1-[n+]1c(c(C)c(C)n1C)C(C)(C)C2(C)C.Cc1cccc2c1-n1c(c(-c3ccc(C(C)C)cc3)c[n+]1C)C(C)(C)C2(C)C.Cc1cccc2c1-n1c(c(-c3ccccc3)c[n+]1C)C(C)(C)C2(C)C.Cc1ccccc1N1C=CN(C)[C@H]1C. The van der Waals surface area contributed by atoms with E-state index in [1.165, 1.54) is 163 Å². The molecule has 0 spiro atoms. The van der Waals surface area contributed by atoms with Gasteiger partial charge in [-0.05, 0) is 156 Å². The summed E-state index contributed by atoms with van der Waals surface area (Å²) in [7, 11) is 10.8. The van der Waals surface area contributed by atoms with Crippen LogP contribution in [0.25, 0.3) is 56.1 Å². The van der Waals surface area contributed by atoms with Gasteiger partial charge in [0.2, 0.25) is 30.0 Å². The number of hydrogen-bond donors (Lipinski definition) is 0. The van der Waals surface area contributed by atoms with Crippen molar-refractivity contribution in [3.63, 3.8) is 0 Å². The van der Waals surface area contributed by atoms with Gasteiger partial charge < -0.3 is 9.80 Å². The van der Waals surface area contributed by atoms with E-state index in [4.69, 9.17) is 0 Å². The number of hydrogen-bond acceptors (Lipinski definition) is 2. The van der Waals surface area contributed by atoms with Gasteiger partial charge in [-0.2, -0.15) is 4.68 Å². The van der Waals surface area contributed by atoms with Crippen LogP contribution in [0.15, 0.2) is 201 Å². The van der Waals surface area contributed by atoms with Gasteiger partial charge in [-0.15, -0.1) is 28.1 Å². The van der Waals surface area contributed by atoms with Crippen molar-refractivity contribution in [2.45, 2.75) is 279 Å². The molecule has 8 aromatic carbocycles. The molecule has 1 atom stereocenters. The molecule has 5 aliphatic rings. The van der Waals surface area contributed by atoms with E-state index in [0.717, 1.165) is 0 Å². The van der Waals surface area contributed by atoms with Gasteiger partial charge in [0.15, 0.2) is 21.1 Å². The van der Waals surface area contributed by atoms with Gasteiger partial charge in [-0.25, -0.2) is 0 Å². The number of para-hydroxylation sites is 5. The maximum absolute atomic E-state index is 2.45. The molecule has 10 heteroatoms. The van der Waals surface area contributed by atoms with Crippen molar-refractivity contribution < 1.29 is 18.7 Å². The van der Waals surface area contributed by atoms with Crippen LogP contribution >= 0.6 is 0 Å². The van der Waals surface area contributed by atoms with Crippen molar-refractivity contribution in [1.29, 1.82) is 0 Å². The topological polar surface area (TPSA) is 41.7 Å². The first-order valence-electron chi connectivity index (χ1n) is 42.1. The van der Waals surface area contributed by atoms with Crippen molar-refractivity contribution in [3.05, 3.63) is 302 Å². The van der Waals surface area contributed by atoms with Crippen LogP contribution in [-0.4, -0.2) is 36.8 Å². The molecule has 5 aliphatic heterocycles. The molecule has 10 nitrogen and oxygen atoms in total. The number of nitrogens with zero attached hydrogens (tertiary/aromatic N) is 10. The van der Waals surface area contributed by atoms with E-state index in [1.54, 1.807) is 0 Å². The van der Waals surface area contributed by atoms with E-state index >= 15 is 0 Å². The fraction of sp³-hybridized carbons (Fsp3) is 0.431. The van der Waals surface area contributed by atoms with E-state index in [9.17, 15) is 0 Å². The number of fused-ring (bicyclic) bond motifs is 12. The largest absolute Gasteiger partial charge is 0.359 e. The standard InChI is InChI=1S/C26H33N2.C25H31N2.C23H27N2.C19H27N2.C12H16N2.4CH4/c1-17(2)19-12-14-20(15-13-19)21-16-27(8)28-23-18(3)10-9-11-22(23)25(4,5)26(6,7)24(21)28;1-16-12-17(2)14-19(13-16)20-15-26(8)27-22-18(3)10-9-11-21(22)24(4,5)25(6,7)23(20)27;1-16-11-10-14-19-20(16)25-21(23(4,5)22(19,2)3)18(15-24(25)6)17-12-8-7-9-13-17;1-12-10-9-11-15-16(12)21-17(13(2)14(3)20(21)8)19(6,7)18(15,4)5;1-10-6-4-5-7-12(10)14-9-8-13(3)11(14)2;;;;/h9-17H,1-8H3;9-15H,1-8H3;7-15H,1-6H3;9-11H,1-8H3;4-9,11H,1-3H3;4*1H4/q4*+1;;;;;/t;;;;11-;;;;/m....1..../s1. The van der Waals surface area contributed by atoms with Crippen molar-refractivity contribution in [2.24, 2.45) is 28.2 Å². The molecule has 12 aromatic rings. The molecule has 0 saturated heterocycles. The Morgan fingerprint density at radius 1 is 0.353 bits per heavy atom. The number of benzene rings is 8. The summed E-state index contributed by atoms with van der Waals surface area (Å²) in [4.78, 5) is 4.49. The Bertz CT molecular complexity index is 5760. The Morgan fingerprint density at radius 3 is 1.09 bits per heavy atom. The average molecular weight is 1600 g/mol. The van der Waals surface area contributed by atoms with Crippen LogP contribution < -0.4 is 23.6 Å². The average Bonchev–Trinajstić information content (AvgIpc) is 1.62. The van der Waals surface area contributed by atoms with Crippen LogP contribution in [0.1, 0.15) is 268 Å². The minimum atomic E-state index is -0.0128. The monoisotopic (exact) mass is 1600 g/mol. The molecular weight excluding hydrogens is 1450 g/mol. The third kappa shape index (κ3) is 14.6. The third-order valence-electron chi connectivity index (χ3n) is 29.7. The minimum Gasteiger partial charge on any atom is -0.359 e. The van der Waals surface area contributed by atoms with Gasteiger partial charge in [0.1, 0.15) is 40.3 Å². The van der Waals surface area contributed by atoms with Gasteiger partial charge in [0, 0.05) is 79.7 Å². The molecule has 632 valence electrons. The molecule has 0 bridgehead atoms. The zero-order valence-electron chi connectivity index (χ0n) is 76.2. The number of rotatable bonds is 5. The van der Waals surface area contributed by atoms with Crippen molar-refractivity contribution in [1.82, 2.24) is 23.6 Å². The molecule has 4 aromatic heterocycles. The number of aryl methyl sites for hydroxylation is 10. The molecule has 0 N–H and O–H groups in total. The zero-order valence-corrected chi connectivity index (χ0v) is 76.2. The van der Waals surface area contributed by atoms with Crippen LogP contribution in [0, 0.1) is 62.3 Å². The highest BCUT2D eigenvalue weighted by molar-refractivity contribution is 5.74. The molecule has 0 radical (unpaired) electrons. The maximum atomic E-state index is 2.45. The smallest absolute Gasteiger partial charge is 0.242 e. The van der Waals surface area contributed by atoms with E-state index < -0.39 is 0 Å². The molecule has 9 heterocycles. The van der Waals surface area contributed by atoms with Gasteiger partial charge >= 0.3 is 0 Å². The minimum absolute atomic E-state index is 0. The van der Waals surface area contributed by atoms with Crippen molar-refractivity contribution >= 4 is 5.69 Å². The second-order valence-electron chi connectivity index (χ2n) is 38.9. The first kappa shape index (κ1) is 92.8. The Hall–Kier alpha value is -10.1. The summed E-state index contributed by atoms with van der Waals surface area (Å²) in [6.07, 6.45) is 11.5. The highest BCUT2D eigenvalue weighted by Gasteiger charge is 2.57. The van der Waals surface area contributed by atoms with E-state index in [2.05, 4.69) is 477 Å². The predicted molar refractivity (Wildman–Crippen MR) is 507 cm³/mol. The van der Waals surface area contributed by atoms with Gasteiger partial charge in [0.05, 0.1) is 34.8 Å². The van der Waals surface area contributed by atoms with Crippen LogP contribution in [0.5, 0.6) is 0 Å². The number of aromatic nitrogens is 8. The number of anilines is 1. The van der Waals surface area contributed by atoms with Crippen molar-refractivity contribution in [3.8, 4) is 56.1 Å². The molecule has 0 amide bonds. The molecule has 0 aliphatic carbocycles. The second-order valence-corrected chi connectivity index (χ2v) is 38.9. The predicted octanol–water partition coefficient (Wildman–Crippen LogP) is 25.2. The lowest BCUT2D eigenvalue weighted by molar-refractivity contribution is -0.745. The second kappa shape index (κ2) is 32.8. The fourth-order valence-electron chi connectivity index (χ4n) is 19.7. The fourth-order valence-corrected chi connectivity index (χ4v) is 19.7. The Kier molecular flexibility index (Phi) is 25.6. The summed E-state index contributed by atoms with van der Waals surface area (Å²) in [5.41, 5.74) is 39.7. The molecule has 0 unspecified atom stereocenters.